The lowest BCUT2D eigenvalue weighted by molar-refractivity contribution is 0.0545. The van der Waals surface area contributed by atoms with Crippen molar-refractivity contribution < 1.29 is 27.2 Å². The van der Waals surface area contributed by atoms with Gasteiger partial charge in [0.25, 0.3) is 0 Å². The number of carbonyl (C=O) groups excluding carboxylic acids is 1. The quantitative estimate of drug-likeness (QED) is 0.630. The van der Waals surface area contributed by atoms with Crippen molar-refractivity contribution in [2.24, 2.45) is 0 Å². The number of methoxy groups -OCH3 is 1. The van der Waals surface area contributed by atoms with Gasteiger partial charge in [0.2, 0.25) is 0 Å². The molecule has 0 saturated carbocycles. The number of ether oxygens (including phenoxy) is 1. The Morgan fingerprint density at radius 3 is 2.63 bits per heavy atom. The highest BCUT2D eigenvalue weighted by Gasteiger charge is 2.17. The molecule has 1 heterocycles. The van der Waals surface area contributed by atoms with Gasteiger partial charge in [-0.1, -0.05) is 5.16 Å². The molecule has 0 aliphatic carbocycles. The molecule has 0 fully saturated rings. The molecule has 8 heteroatoms. The standard InChI is InChI=1S/C11H7F3N2O3/c1-18-11(17)10-15-9(16-19-10)3-5-2-7(13)8(14)4-6(5)12/h2,4H,3H2,1H3. The van der Waals surface area contributed by atoms with Gasteiger partial charge in [-0.25, -0.2) is 18.0 Å². The minimum Gasteiger partial charge on any atom is -0.462 e. The van der Waals surface area contributed by atoms with E-state index in [0.29, 0.717) is 12.1 Å². The Bertz CT molecular complexity index is 628. The number of hydrogen-bond acceptors (Lipinski definition) is 5. The molecule has 0 aliphatic rings. The summed E-state index contributed by atoms with van der Waals surface area (Å²) < 4.78 is 48.0. The van der Waals surface area contributed by atoms with Gasteiger partial charge < -0.3 is 9.26 Å². The van der Waals surface area contributed by atoms with Crippen LogP contribution >= 0.6 is 0 Å². The van der Waals surface area contributed by atoms with Crippen LogP contribution in [0.2, 0.25) is 0 Å². The third kappa shape index (κ3) is 2.72. The molecule has 0 N–H and O–H groups in total. The molecule has 0 atom stereocenters. The van der Waals surface area contributed by atoms with Gasteiger partial charge in [-0.2, -0.15) is 4.98 Å². The molecule has 2 rings (SSSR count). The lowest BCUT2D eigenvalue weighted by Crippen LogP contribution is -2.02. The van der Waals surface area contributed by atoms with E-state index in [1.54, 1.807) is 0 Å². The van der Waals surface area contributed by atoms with Crippen molar-refractivity contribution in [1.82, 2.24) is 10.1 Å². The zero-order chi connectivity index (χ0) is 14.0. The highest BCUT2D eigenvalue weighted by Crippen LogP contribution is 2.16. The first-order chi connectivity index (χ1) is 9.01. The van der Waals surface area contributed by atoms with E-state index in [1.807, 2.05) is 0 Å². The van der Waals surface area contributed by atoms with Crippen molar-refractivity contribution in [2.75, 3.05) is 7.11 Å². The van der Waals surface area contributed by atoms with Crippen molar-refractivity contribution in [3.8, 4) is 0 Å². The first kappa shape index (κ1) is 13.1. The smallest absolute Gasteiger partial charge is 0.397 e. The van der Waals surface area contributed by atoms with Crippen LogP contribution in [0, 0.1) is 17.5 Å². The Morgan fingerprint density at radius 2 is 1.95 bits per heavy atom. The summed E-state index contributed by atoms with van der Waals surface area (Å²) in [6.07, 6.45) is -0.247. The van der Waals surface area contributed by atoms with Crippen molar-refractivity contribution in [1.29, 1.82) is 0 Å². The zero-order valence-electron chi connectivity index (χ0n) is 9.61. The molecule has 1 aromatic carbocycles. The van der Waals surface area contributed by atoms with Gasteiger partial charge in [0.15, 0.2) is 17.5 Å². The summed E-state index contributed by atoms with van der Waals surface area (Å²) in [5.41, 5.74) is -0.156. The van der Waals surface area contributed by atoms with E-state index in [9.17, 15) is 18.0 Å². The van der Waals surface area contributed by atoms with E-state index in [-0.39, 0.29) is 17.8 Å². The SMILES string of the molecule is COC(=O)c1nc(Cc2cc(F)c(F)cc2F)no1. The molecule has 1 aromatic heterocycles. The second-order valence-corrected chi connectivity index (χ2v) is 3.54. The molecular weight excluding hydrogens is 265 g/mol. The number of aromatic nitrogens is 2. The van der Waals surface area contributed by atoms with Crippen LogP contribution in [0.25, 0.3) is 0 Å². The van der Waals surface area contributed by atoms with Gasteiger partial charge in [0, 0.05) is 12.5 Å². The number of nitrogens with zero attached hydrogens (tertiary/aromatic N) is 2. The van der Waals surface area contributed by atoms with Crippen molar-refractivity contribution in [3.05, 3.63) is 46.9 Å². The van der Waals surface area contributed by atoms with Crippen LogP contribution in [0.4, 0.5) is 13.2 Å². The van der Waals surface area contributed by atoms with Crippen LogP contribution in [0.15, 0.2) is 16.7 Å². The Hall–Kier alpha value is -2.38. The molecule has 0 saturated heterocycles. The maximum absolute atomic E-state index is 13.4. The summed E-state index contributed by atoms with van der Waals surface area (Å²) in [7, 11) is 1.13. The molecule has 0 spiro atoms. The molecule has 0 unspecified atom stereocenters. The Balaban J connectivity index is 2.24. The normalized spacial score (nSPS) is 10.5. The molecule has 0 bridgehead atoms. The summed E-state index contributed by atoms with van der Waals surface area (Å²) in [4.78, 5) is 14.7. The van der Waals surface area contributed by atoms with Crippen LogP contribution < -0.4 is 0 Å². The van der Waals surface area contributed by atoms with Crippen LogP contribution in [0.1, 0.15) is 22.1 Å². The Kier molecular flexibility index (Phi) is 3.50. The topological polar surface area (TPSA) is 65.2 Å². The molecule has 5 nitrogen and oxygen atoms in total. The lowest BCUT2D eigenvalue weighted by Gasteiger charge is -2.00. The maximum atomic E-state index is 13.4. The highest BCUT2D eigenvalue weighted by molar-refractivity contribution is 5.83. The summed E-state index contributed by atoms with van der Waals surface area (Å²) in [5.74, 6) is -4.71. The summed E-state index contributed by atoms with van der Waals surface area (Å²) in [6.45, 7) is 0. The number of carbonyl (C=O) groups is 1. The van der Waals surface area contributed by atoms with Crippen molar-refractivity contribution in [3.63, 3.8) is 0 Å². The van der Waals surface area contributed by atoms with Crippen molar-refractivity contribution >= 4 is 5.97 Å². The predicted octanol–water partition coefficient (Wildman–Crippen LogP) is 1.86. The molecule has 0 radical (unpaired) electrons. The maximum Gasteiger partial charge on any atom is 0.397 e. The lowest BCUT2D eigenvalue weighted by atomic mass is 10.1. The summed E-state index contributed by atoms with van der Waals surface area (Å²) >= 11 is 0. The fraction of sp³-hybridized carbons (Fsp3) is 0.182. The molecular formula is C11H7F3N2O3. The molecule has 19 heavy (non-hydrogen) atoms. The number of hydrogen-bond donors (Lipinski definition) is 0. The van der Waals surface area contributed by atoms with Gasteiger partial charge in [0.05, 0.1) is 7.11 Å². The molecule has 0 aliphatic heterocycles. The van der Waals surface area contributed by atoms with E-state index in [2.05, 4.69) is 19.4 Å². The van der Waals surface area contributed by atoms with Gasteiger partial charge in [-0.3, -0.25) is 0 Å². The Labute approximate surface area is 105 Å². The number of halogens is 3. The number of rotatable bonds is 3. The van der Waals surface area contributed by atoms with Crippen molar-refractivity contribution in [2.45, 2.75) is 6.42 Å². The van der Waals surface area contributed by atoms with Crippen LogP contribution in [-0.2, 0) is 11.2 Å². The van der Waals surface area contributed by atoms with E-state index in [4.69, 9.17) is 0 Å². The van der Waals surface area contributed by atoms with Crippen LogP contribution in [0.5, 0.6) is 0 Å². The van der Waals surface area contributed by atoms with Crippen LogP contribution in [-0.4, -0.2) is 23.2 Å². The third-order valence-electron chi connectivity index (χ3n) is 2.27. The third-order valence-corrected chi connectivity index (χ3v) is 2.27. The molecule has 2 aromatic rings. The fourth-order valence-electron chi connectivity index (χ4n) is 1.37. The minimum absolute atomic E-state index is 0.0506. The minimum atomic E-state index is -1.29. The second kappa shape index (κ2) is 5.09. The predicted molar refractivity (Wildman–Crippen MR) is 54.8 cm³/mol. The summed E-state index contributed by atoms with van der Waals surface area (Å²) in [5, 5.41) is 3.40. The van der Waals surface area contributed by atoms with Gasteiger partial charge in [0.1, 0.15) is 5.82 Å². The first-order valence-corrected chi connectivity index (χ1v) is 5.05. The highest BCUT2D eigenvalue weighted by atomic mass is 19.2. The van der Waals surface area contributed by atoms with Gasteiger partial charge in [-0.05, 0) is 11.6 Å². The van der Waals surface area contributed by atoms with Gasteiger partial charge in [-0.15, -0.1) is 0 Å². The number of esters is 1. The largest absolute Gasteiger partial charge is 0.462 e. The fourth-order valence-corrected chi connectivity index (χ4v) is 1.37. The zero-order valence-corrected chi connectivity index (χ0v) is 9.61. The monoisotopic (exact) mass is 272 g/mol. The number of benzene rings is 1. The van der Waals surface area contributed by atoms with E-state index >= 15 is 0 Å². The van der Waals surface area contributed by atoms with Gasteiger partial charge >= 0.3 is 11.9 Å². The summed E-state index contributed by atoms with van der Waals surface area (Å²) in [6, 6.07) is 1.12. The van der Waals surface area contributed by atoms with E-state index in [0.717, 1.165) is 7.11 Å². The first-order valence-electron chi connectivity index (χ1n) is 5.05. The average Bonchev–Trinajstić information content (AvgIpc) is 2.83. The Morgan fingerprint density at radius 1 is 1.26 bits per heavy atom. The van der Waals surface area contributed by atoms with E-state index in [1.165, 1.54) is 0 Å². The van der Waals surface area contributed by atoms with E-state index < -0.39 is 29.3 Å². The second-order valence-electron chi connectivity index (χ2n) is 3.54. The van der Waals surface area contributed by atoms with Crippen LogP contribution in [0.3, 0.4) is 0 Å². The molecule has 0 amide bonds. The molecule has 100 valence electrons. The average molecular weight is 272 g/mol.